The van der Waals surface area contributed by atoms with E-state index in [4.69, 9.17) is 29.3 Å². The third kappa shape index (κ3) is 4.10. The average molecular weight is 528 g/mol. The number of furan rings is 1. The molecule has 6 heteroatoms. The Kier molecular flexibility index (Phi) is 5.35. The topological polar surface area (TPSA) is 77.6 Å². The fraction of sp³-hybridized carbons (Fsp3) is 0. The number of para-hydroxylation sites is 2. The molecule has 0 aliphatic rings. The Bertz CT molecular complexity index is 2150. The molecule has 0 aliphatic heterocycles. The molecule has 8 aromatic rings. The summed E-state index contributed by atoms with van der Waals surface area (Å²) in [4.78, 5) is 24.8. The van der Waals surface area contributed by atoms with Gasteiger partial charge in [0, 0.05) is 27.5 Å². The number of fused-ring (bicyclic) bond motifs is 4. The van der Waals surface area contributed by atoms with Crippen LogP contribution in [0.25, 0.3) is 78.5 Å². The highest BCUT2D eigenvalue weighted by atomic mass is 16.3. The zero-order valence-corrected chi connectivity index (χ0v) is 21.8. The number of nitrogens with zero attached hydrogens (tertiary/aromatic N) is 5. The van der Waals surface area contributed by atoms with Gasteiger partial charge in [0.2, 0.25) is 0 Å². The van der Waals surface area contributed by atoms with E-state index in [2.05, 4.69) is 6.07 Å². The van der Waals surface area contributed by atoms with Crippen molar-refractivity contribution >= 4 is 33.0 Å². The van der Waals surface area contributed by atoms with Crippen LogP contribution in [0.15, 0.2) is 132 Å². The molecule has 192 valence electrons. The van der Waals surface area contributed by atoms with Gasteiger partial charge < -0.3 is 4.42 Å². The van der Waals surface area contributed by atoms with Crippen LogP contribution in [0.1, 0.15) is 0 Å². The van der Waals surface area contributed by atoms with E-state index in [0.29, 0.717) is 17.5 Å². The van der Waals surface area contributed by atoms with Crippen LogP contribution >= 0.6 is 0 Å². The van der Waals surface area contributed by atoms with Gasteiger partial charge in [-0.15, -0.1) is 0 Å². The number of rotatable bonds is 4. The highest BCUT2D eigenvalue weighted by molar-refractivity contribution is 6.03. The molecule has 0 bridgehead atoms. The fourth-order valence-corrected chi connectivity index (χ4v) is 5.15. The van der Waals surface area contributed by atoms with E-state index in [1.54, 1.807) is 0 Å². The zero-order chi connectivity index (χ0) is 27.2. The SMILES string of the molecule is c1ccc(-c2nc(-c3ccccc3)nc(-c3cc(-c4ccc5oc6ccccc6c5n4)nc4ccccc34)n2)cc1. The Morgan fingerprint density at radius 2 is 1.02 bits per heavy atom. The molecule has 0 amide bonds. The Morgan fingerprint density at radius 3 is 1.76 bits per heavy atom. The smallest absolute Gasteiger partial charge is 0.164 e. The third-order valence-corrected chi connectivity index (χ3v) is 7.14. The molecule has 0 fully saturated rings. The second-order valence-electron chi connectivity index (χ2n) is 9.75. The van der Waals surface area contributed by atoms with Crippen molar-refractivity contribution in [1.29, 1.82) is 0 Å². The van der Waals surface area contributed by atoms with Crippen LogP contribution in [-0.4, -0.2) is 24.9 Å². The van der Waals surface area contributed by atoms with Crippen LogP contribution in [-0.2, 0) is 0 Å². The summed E-state index contributed by atoms with van der Waals surface area (Å²) in [6.07, 6.45) is 0. The van der Waals surface area contributed by atoms with Gasteiger partial charge >= 0.3 is 0 Å². The first kappa shape index (κ1) is 23.2. The number of pyridine rings is 2. The molecule has 6 nitrogen and oxygen atoms in total. The molecule has 4 aromatic heterocycles. The minimum Gasteiger partial charge on any atom is -0.454 e. The number of aromatic nitrogens is 5. The summed E-state index contributed by atoms with van der Waals surface area (Å²) in [5.41, 5.74) is 7.39. The predicted octanol–water partition coefficient (Wildman–Crippen LogP) is 8.38. The van der Waals surface area contributed by atoms with Crippen molar-refractivity contribution in [3.05, 3.63) is 127 Å². The largest absolute Gasteiger partial charge is 0.454 e. The van der Waals surface area contributed by atoms with Crippen molar-refractivity contribution in [2.24, 2.45) is 0 Å². The average Bonchev–Trinajstić information content (AvgIpc) is 3.43. The minimum atomic E-state index is 0.576. The standard InChI is InChI=1S/C35H21N5O/c1-3-11-22(12-4-1)33-38-34(23-13-5-2-6-14-23)40-35(39-33)26-21-29(36-27-17-9-7-15-24(26)27)28-19-20-31-32(37-28)25-16-8-10-18-30(25)41-31/h1-21H. The summed E-state index contributed by atoms with van der Waals surface area (Å²) in [6.45, 7) is 0. The highest BCUT2D eigenvalue weighted by Crippen LogP contribution is 2.34. The minimum absolute atomic E-state index is 0.576. The molecule has 41 heavy (non-hydrogen) atoms. The maximum atomic E-state index is 6.01. The molecule has 0 N–H and O–H groups in total. The van der Waals surface area contributed by atoms with Crippen molar-refractivity contribution in [3.8, 4) is 45.6 Å². The quantitative estimate of drug-likeness (QED) is 0.229. The van der Waals surface area contributed by atoms with E-state index in [9.17, 15) is 0 Å². The normalized spacial score (nSPS) is 11.4. The summed E-state index contributed by atoms with van der Waals surface area (Å²) in [5, 5.41) is 1.93. The molecule has 4 aromatic carbocycles. The summed E-state index contributed by atoms with van der Waals surface area (Å²) >= 11 is 0. The van der Waals surface area contributed by atoms with Crippen LogP contribution in [0.3, 0.4) is 0 Å². The lowest BCUT2D eigenvalue weighted by molar-refractivity contribution is 0.668. The van der Waals surface area contributed by atoms with E-state index >= 15 is 0 Å². The lowest BCUT2D eigenvalue weighted by Crippen LogP contribution is -2.01. The van der Waals surface area contributed by atoms with Crippen LogP contribution in [0.2, 0.25) is 0 Å². The van der Waals surface area contributed by atoms with Crippen molar-refractivity contribution in [1.82, 2.24) is 24.9 Å². The monoisotopic (exact) mass is 527 g/mol. The molecule has 0 spiro atoms. The summed E-state index contributed by atoms with van der Waals surface area (Å²) in [7, 11) is 0. The van der Waals surface area contributed by atoms with Crippen molar-refractivity contribution in [3.63, 3.8) is 0 Å². The lowest BCUT2D eigenvalue weighted by atomic mass is 10.0. The van der Waals surface area contributed by atoms with Gasteiger partial charge in [-0.2, -0.15) is 0 Å². The Hall–Kier alpha value is -5.75. The molecule has 0 atom stereocenters. The first-order chi connectivity index (χ1) is 20.3. The maximum Gasteiger partial charge on any atom is 0.164 e. The molecular weight excluding hydrogens is 506 g/mol. The van der Waals surface area contributed by atoms with Gasteiger partial charge in [0.1, 0.15) is 11.1 Å². The van der Waals surface area contributed by atoms with Crippen LogP contribution in [0.4, 0.5) is 0 Å². The van der Waals surface area contributed by atoms with Gasteiger partial charge in [-0.3, -0.25) is 0 Å². The molecule has 0 saturated heterocycles. The molecule has 0 aliphatic carbocycles. The zero-order valence-electron chi connectivity index (χ0n) is 21.8. The molecule has 0 saturated carbocycles. The van der Waals surface area contributed by atoms with Gasteiger partial charge in [0.25, 0.3) is 0 Å². The van der Waals surface area contributed by atoms with Crippen molar-refractivity contribution in [2.45, 2.75) is 0 Å². The first-order valence-electron chi connectivity index (χ1n) is 13.4. The van der Waals surface area contributed by atoms with Crippen molar-refractivity contribution in [2.75, 3.05) is 0 Å². The first-order valence-corrected chi connectivity index (χ1v) is 13.4. The molecule has 0 unspecified atom stereocenters. The van der Waals surface area contributed by atoms with Crippen molar-refractivity contribution < 1.29 is 4.42 Å². The Labute approximate surface area is 235 Å². The van der Waals surface area contributed by atoms with Gasteiger partial charge in [-0.05, 0) is 36.4 Å². The van der Waals surface area contributed by atoms with E-state index < -0.39 is 0 Å². The number of hydrogen-bond acceptors (Lipinski definition) is 6. The second-order valence-corrected chi connectivity index (χ2v) is 9.75. The summed E-state index contributed by atoms with van der Waals surface area (Å²) in [6, 6.07) is 41.9. The Balaban J connectivity index is 1.37. The third-order valence-electron chi connectivity index (χ3n) is 7.14. The number of benzene rings is 4. The Morgan fingerprint density at radius 1 is 0.415 bits per heavy atom. The molecule has 8 rings (SSSR count). The summed E-state index contributed by atoms with van der Waals surface area (Å²) in [5.74, 6) is 1.80. The maximum absolute atomic E-state index is 6.01. The molecule has 4 heterocycles. The van der Waals surface area contributed by atoms with E-state index in [1.165, 1.54) is 0 Å². The van der Waals surface area contributed by atoms with Gasteiger partial charge in [0.15, 0.2) is 23.1 Å². The van der Waals surface area contributed by atoms with E-state index in [-0.39, 0.29) is 0 Å². The number of hydrogen-bond donors (Lipinski definition) is 0. The summed E-state index contributed by atoms with van der Waals surface area (Å²) < 4.78 is 6.01. The fourth-order valence-electron chi connectivity index (χ4n) is 5.15. The molecule has 0 radical (unpaired) electrons. The van der Waals surface area contributed by atoms with Crippen LogP contribution in [0, 0.1) is 0 Å². The van der Waals surface area contributed by atoms with Gasteiger partial charge in [0.05, 0.1) is 16.9 Å². The van der Waals surface area contributed by atoms with E-state index in [0.717, 1.165) is 61.1 Å². The van der Waals surface area contributed by atoms with Gasteiger partial charge in [-0.25, -0.2) is 24.9 Å². The van der Waals surface area contributed by atoms with Gasteiger partial charge in [-0.1, -0.05) is 91.0 Å². The van der Waals surface area contributed by atoms with E-state index in [1.807, 2.05) is 121 Å². The predicted molar refractivity (Wildman–Crippen MR) is 162 cm³/mol. The van der Waals surface area contributed by atoms with Crippen LogP contribution < -0.4 is 0 Å². The molecular formula is C35H21N5O. The lowest BCUT2D eigenvalue weighted by Gasteiger charge is -2.12. The second kappa shape index (κ2) is 9.47. The highest BCUT2D eigenvalue weighted by Gasteiger charge is 2.17. The van der Waals surface area contributed by atoms with Crippen LogP contribution in [0.5, 0.6) is 0 Å².